The summed E-state index contributed by atoms with van der Waals surface area (Å²) in [5.41, 5.74) is 0. The molecule has 0 saturated carbocycles. The molecule has 0 N–H and O–H groups in total. The van der Waals surface area contributed by atoms with Crippen LogP contribution in [0.5, 0.6) is 0 Å². The van der Waals surface area contributed by atoms with Crippen molar-refractivity contribution in [2.24, 2.45) is 11.8 Å². The molecule has 1 fully saturated rings. The van der Waals surface area contributed by atoms with E-state index in [4.69, 9.17) is 0 Å². The minimum absolute atomic E-state index is 0. The molecule has 0 unspecified atom stereocenters. The first-order chi connectivity index (χ1) is 5.29. The van der Waals surface area contributed by atoms with Crippen molar-refractivity contribution in [3.05, 3.63) is 25.0 Å². The molecule has 66 valence electrons. The van der Waals surface area contributed by atoms with Gasteiger partial charge in [0.25, 0.3) is 0 Å². The molecule has 12 heavy (non-hydrogen) atoms. The summed E-state index contributed by atoms with van der Waals surface area (Å²) in [5, 5.41) is 0. The molecule has 0 radical (unpaired) electrons. The van der Waals surface area contributed by atoms with E-state index in [2.05, 4.69) is 43.9 Å². The van der Waals surface area contributed by atoms with Crippen LogP contribution in [0.2, 0.25) is 0 Å². The SMILES string of the molecule is C[C@@H]1[C@H]2[CH-]C=C[CH-][C@H]2CN1C.[W+2]. The van der Waals surface area contributed by atoms with E-state index < -0.39 is 0 Å². The topological polar surface area (TPSA) is 3.24 Å². The third-order valence-corrected chi connectivity index (χ3v) is 3.05. The van der Waals surface area contributed by atoms with Gasteiger partial charge in [-0.2, -0.15) is 0 Å². The van der Waals surface area contributed by atoms with Gasteiger partial charge in [0.15, 0.2) is 0 Å². The number of likely N-dealkylation sites (tertiary alicyclic amines) is 1. The second kappa shape index (κ2) is 3.89. The van der Waals surface area contributed by atoms with Crippen LogP contribution >= 0.6 is 0 Å². The number of hydrogen-bond donors (Lipinski definition) is 0. The molecule has 1 aliphatic heterocycles. The minimum Gasteiger partial charge on any atom is -0.378 e. The Hall–Kier alpha value is 0.128. The van der Waals surface area contributed by atoms with Gasteiger partial charge in [0.1, 0.15) is 0 Å². The van der Waals surface area contributed by atoms with Gasteiger partial charge in [-0.15, -0.1) is 5.92 Å². The molecule has 0 aromatic carbocycles. The Balaban J connectivity index is 0.000000720. The molecule has 1 heterocycles. The average Bonchev–Trinajstić information content (AvgIpc) is 2.30. The summed E-state index contributed by atoms with van der Waals surface area (Å²) >= 11 is 0. The fraction of sp³-hybridized carbons (Fsp3) is 0.600. The van der Waals surface area contributed by atoms with Crippen LogP contribution in [0, 0.1) is 24.7 Å². The van der Waals surface area contributed by atoms with Crippen molar-refractivity contribution in [2.45, 2.75) is 13.0 Å². The summed E-state index contributed by atoms with van der Waals surface area (Å²) in [7, 11) is 2.21. The van der Waals surface area contributed by atoms with Crippen molar-refractivity contribution in [3.63, 3.8) is 0 Å². The number of allylic oxidation sites excluding steroid dienone is 2. The third-order valence-electron chi connectivity index (χ3n) is 3.05. The van der Waals surface area contributed by atoms with Crippen molar-refractivity contribution < 1.29 is 21.1 Å². The summed E-state index contributed by atoms with van der Waals surface area (Å²) in [5.74, 6) is 1.55. The van der Waals surface area contributed by atoms with Gasteiger partial charge in [-0.3, -0.25) is 0 Å². The number of rotatable bonds is 0. The van der Waals surface area contributed by atoms with Crippen molar-refractivity contribution >= 4 is 0 Å². The molecule has 2 rings (SSSR count). The quantitative estimate of drug-likeness (QED) is 0.608. The van der Waals surface area contributed by atoms with Crippen LogP contribution in [0.25, 0.3) is 0 Å². The Morgan fingerprint density at radius 3 is 2.67 bits per heavy atom. The number of nitrogens with zero attached hydrogens (tertiary/aromatic N) is 1. The zero-order valence-corrected chi connectivity index (χ0v) is 10.5. The largest absolute Gasteiger partial charge is 2.00 e. The van der Waals surface area contributed by atoms with Gasteiger partial charge in [-0.25, -0.2) is 0 Å². The van der Waals surface area contributed by atoms with Crippen molar-refractivity contribution in [1.82, 2.24) is 4.90 Å². The average molecular weight is 333 g/mol. The molecule has 1 aliphatic carbocycles. The maximum absolute atomic E-state index is 2.44. The molecular weight excluding hydrogens is 318 g/mol. The standard InChI is InChI=1S/C10H15N.W/c1-8-10-6-4-3-5-9(10)7-11(8)2;/h3-6,8-10H,7H2,1-2H3;/q-2;+2/t8-,9+,10-;/m1./s1. The van der Waals surface area contributed by atoms with E-state index in [0.29, 0.717) is 0 Å². The second-order valence-corrected chi connectivity index (χ2v) is 3.69. The maximum atomic E-state index is 2.44. The first-order valence-electron chi connectivity index (χ1n) is 4.34. The van der Waals surface area contributed by atoms with Gasteiger partial charge in [-0.05, 0) is 19.6 Å². The van der Waals surface area contributed by atoms with Crippen molar-refractivity contribution in [1.29, 1.82) is 0 Å². The number of fused-ring (bicyclic) bond motifs is 1. The molecule has 2 heteroatoms. The normalized spacial score (nSPS) is 39.3. The Morgan fingerprint density at radius 2 is 2.00 bits per heavy atom. The molecule has 0 aromatic rings. The molecule has 0 spiro atoms. The van der Waals surface area contributed by atoms with Crippen LogP contribution in [0.3, 0.4) is 0 Å². The minimum atomic E-state index is 0. The summed E-state index contributed by atoms with van der Waals surface area (Å²) < 4.78 is 0. The predicted molar refractivity (Wildman–Crippen MR) is 46.8 cm³/mol. The number of hydrogen-bond acceptors (Lipinski definition) is 1. The van der Waals surface area contributed by atoms with E-state index in [1.807, 2.05) is 0 Å². The van der Waals surface area contributed by atoms with Crippen molar-refractivity contribution in [3.8, 4) is 0 Å². The smallest absolute Gasteiger partial charge is 0.378 e. The molecule has 3 atom stereocenters. The van der Waals surface area contributed by atoms with Gasteiger partial charge in [0, 0.05) is 0 Å². The predicted octanol–water partition coefficient (Wildman–Crippen LogP) is 1.53. The van der Waals surface area contributed by atoms with Gasteiger partial charge < -0.3 is 29.9 Å². The molecule has 2 aliphatic rings. The zero-order chi connectivity index (χ0) is 7.84. The zero-order valence-electron chi connectivity index (χ0n) is 7.60. The van der Waals surface area contributed by atoms with Gasteiger partial charge in [-0.1, -0.05) is 12.8 Å². The Labute approximate surface area is 89.5 Å². The van der Waals surface area contributed by atoms with E-state index in [1.54, 1.807) is 0 Å². The molecule has 1 nitrogen and oxygen atoms in total. The summed E-state index contributed by atoms with van der Waals surface area (Å²) in [6.07, 6.45) is 9.04. The summed E-state index contributed by atoms with van der Waals surface area (Å²) in [4.78, 5) is 2.44. The Bertz CT molecular complexity index is 179. The van der Waals surface area contributed by atoms with Crippen LogP contribution in [0.1, 0.15) is 6.92 Å². The van der Waals surface area contributed by atoms with Gasteiger partial charge in [0.2, 0.25) is 0 Å². The monoisotopic (exact) mass is 333 g/mol. The van der Waals surface area contributed by atoms with E-state index in [-0.39, 0.29) is 21.1 Å². The maximum Gasteiger partial charge on any atom is 2.00 e. The molecule has 0 amide bonds. The molecule has 0 bridgehead atoms. The van der Waals surface area contributed by atoms with Gasteiger partial charge in [0.05, 0.1) is 0 Å². The fourth-order valence-corrected chi connectivity index (χ4v) is 2.16. The van der Waals surface area contributed by atoms with E-state index in [9.17, 15) is 0 Å². The van der Waals surface area contributed by atoms with Crippen LogP contribution < -0.4 is 0 Å². The van der Waals surface area contributed by atoms with Gasteiger partial charge >= 0.3 is 21.1 Å². The summed E-state index contributed by atoms with van der Waals surface area (Å²) in [6.45, 7) is 3.54. The summed E-state index contributed by atoms with van der Waals surface area (Å²) in [6, 6.07) is 0.723. The Morgan fingerprint density at radius 1 is 1.33 bits per heavy atom. The molecular formula is C10H15NW. The first-order valence-corrected chi connectivity index (χ1v) is 4.34. The van der Waals surface area contributed by atoms with Crippen LogP contribution in [0.4, 0.5) is 0 Å². The van der Waals surface area contributed by atoms with Crippen LogP contribution in [-0.2, 0) is 21.1 Å². The van der Waals surface area contributed by atoms with Crippen LogP contribution in [-0.4, -0.2) is 24.5 Å². The van der Waals surface area contributed by atoms with E-state index in [0.717, 1.165) is 17.9 Å². The van der Waals surface area contributed by atoms with Crippen molar-refractivity contribution in [2.75, 3.05) is 13.6 Å². The van der Waals surface area contributed by atoms with Crippen LogP contribution in [0.15, 0.2) is 12.2 Å². The molecule has 1 saturated heterocycles. The molecule has 0 aromatic heterocycles. The Kier molecular flexibility index (Phi) is 3.31. The van der Waals surface area contributed by atoms with E-state index in [1.165, 1.54) is 6.54 Å². The third kappa shape index (κ3) is 1.58. The van der Waals surface area contributed by atoms with E-state index >= 15 is 0 Å². The fourth-order valence-electron chi connectivity index (χ4n) is 2.16. The first kappa shape index (κ1) is 10.2. The second-order valence-electron chi connectivity index (χ2n) is 3.69.